The molecule has 0 aliphatic carbocycles. The molecule has 0 aromatic rings. The minimum atomic E-state index is -1.08. The molecule has 10 N–H and O–H groups in total. The van der Waals surface area contributed by atoms with E-state index in [1.54, 1.807) is 34.6 Å². The van der Waals surface area contributed by atoms with Crippen molar-refractivity contribution in [3.8, 4) is 0 Å². The highest BCUT2D eigenvalue weighted by Gasteiger charge is 1.99. The van der Waals surface area contributed by atoms with Crippen molar-refractivity contribution in [2.75, 3.05) is 33.0 Å². The summed E-state index contributed by atoms with van der Waals surface area (Å²) in [7, 11) is 0. The van der Waals surface area contributed by atoms with Gasteiger partial charge in [0.15, 0.2) is 0 Å². The van der Waals surface area contributed by atoms with Crippen LogP contribution in [-0.4, -0.2) is 127 Å². The van der Waals surface area contributed by atoms with Crippen molar-refractivity contribution in [3.63, 3.8) is 0 Å². The van der Waals surface area contributed by atoms with Gasteiger partial charge in [-0.1, -0.05) is 141 Å². The van der Waals surface area contributed by atoms with Crippen LogP contribution >= 0.6 is 0 Å². The van der Waals surface area contributed by atoms with Gasteiger partial charge in [-0.3, -0.25) is 14.4 Å². The number of carbonyl (C=O) groups excluding carboxylic acids is 5. The molecule has 0 saturated carbocycles. The number of hydrogen-bond donors (Lipinski definition) is 8. The van der Waals surface area contributed by atoms with E-state index >= 15 is 0 Å². The van der Waals surface area contributed by atoms with Crippen molar-refractivity contribution in [2.24, 2.45) is 11.8 Å². The zero-order valence-electron chi connectivity index (χ0n) is 46.8. The number of rotatable bonds is 22. The second-order valence-electron chi connectivity index (χ2n) is 14.6. The minimum absolute atomic E-state index is 0.181. The third-order valence-electron chi connectivity index (χ3n) is 5.92. The number of aliphatic hydroxyl groups excluding tert-OH is 5. The zero-order valence-corrected chi connectivity index (χ0v) is 46.8. The molecule has 0 aromatic carbocycles. The van der Waals surface area contributed by atoms with Gasteiger partial charge in [0.25, 0.3) is 0 Å². The fourth-order valence-electron chi connectivity index (χ4n) is 1.86. The van der Waals surface area contributed by atoms with Crippen molar-refractivity contribution < 1.29 is 105 Å². The van der Waals surface area contributed by atoms with E-state index in [0.717, 1.165) is 103 Å². The Morgan fingerprint density at radius 3 is 0.592 bits per heavy atom. The van der Waals surface area contributed by atoms with Gasteiger partial charge in [-0.15, -0.1) is 0 Å². The van der Waals surface area contributed by atoms with Crippen molar-refractivity contribution >= 4 is 47.8 Å². The van der Waals surface area contributed by atoms with Crippen LogP contribution in [0.3, 0.4) is 0 Å². The lowest BCUT2D eigenvalue weighted by atomic mass is 10.2. The molecule has 0 aromatic heterocycles. The molecular weight excluding hydrogens is 937 g/mol. The third kappa shape index (κ3) is 349. The van der Waals surface area contributed by atoms with Crippen LogP contribution in [0.25, 0.3) is 0 Å². The first-order chi connectivity index (χ1) is 32.9. The molecule has 0 unspecified atom stereocenters. The van der Waals surface area contributed by atoms with Gasteiger partial charge in [-0.2, -0.15) is 0 Å². The van der Waals surface area contributed by atoms with Crippen LogP contribution in [0.5, 0.6) is 0 Å². The summed E-state index contributed by atoms with van der Waals surface area (Å²) in [5, 5.41) is 108. The monoisotopic (exact) mass is 1040 g/mol. The van der Waals surface area contributed by atoms with E-state index < -0.39 is 47.8 Å². The van der Waals surface area contributed by atoms with Crippen LogP contribution in [0.1, 0.15) is 232 Å². The van der Waals surface area contributed by atoms with Gasteiger partial charge in [0.05, 0.1) is 12.8 Å². The summed E-state index contributed by atoms with van der Waals surface area (Å²) < 4.78 is 0. The molecular formula is C50H107O21-3. The summed E-state index contributed by atoms with van der Waals surface area (Å²) in [6.07, 6.45) is 16.0. The maximum Gasteiger partial charge on any atom is 0.512 e. The first-order valence-corrected chi connectivity index (χ1v) is 24.6. The lowest BCUT2D eigenvalue weighted by molar-refractivity contribution is -0.310. The van der Waals surface area contributed by atoms with Gasteiger partial charge < -0.3 is 85.6 Å². The van der Waals surface area contributed by atoms with E-state index in [0.29, 0.717) is 52.3 Å². The summed E-state index contributed by atoms with van der Waals surface area (Å²) in [4.78, 5) is 75.8. The quantitative estimate of drug-likeness (QED) is 0.0718. The van der Waals surface area contributed by atoms with Gasteiger partial charge in [0.1, 0.15) is 0 Å². The first kappa shape index (κ1) is 99.7. The second kappa shape index (κ2) is 107. The van der Waals surface area contributed by atoms with E-state index in [9.17, 15) is 44.1 Å². The number of carboxylic acids is 7. The van der Waals surface area contributed by atoms with Crippen molar-refractivity contribution in [1.29, 1.82) is 0 Å². The molecule has 0 heterocycles. The Balaban J connectivity index is -0.0000000468. The van der Waals surface area contributed by atoms with Gasteiger partial charge in [0, 0.05) is 74.5 Å². The van der Waals surface area contributed by atoms with Crippen LogP contribution in [0.2, 0.25) is 0 Å². The second-order valence-corrected chi connectivity index (χ2v) is 14.6. The molecule has 0 rings (SSSR count). The van der Waals surface area contributed by atoms with Crippen molar-refractivity contribution in [3.05, 3.63) is 0 Å². The van der Waals surface area contributed by atoms with Crippen LogP contribution in [0.4, 0.5) is 0 Å². The van der Waals surface area contributed by atoms with E-state index in [4.69, 9.17) is 60.7 Å². The van der Waals surface area contributed by atoms with Crippen LogP contribution in [0, 0.1) is 11.8 Å². The number of aliphatic carboxylic acids is 7. The van der Waals surface area contributed by atoms with Crippen LogP contribution in [0.15, 0.2) is 0 Å². The molecule has 0 aliphatic heterocycles. The van der Waals surface area contributed by atoms with E-state index in [2.05, 4.69) is 34.6 Å². The largest absolute Gasteiger partial charge is 0.565 e. The molecule has 436 valence electrons. The summed E-state index contributed by atoms with van der Waals surface area (Å²) in [5.74, 6) is -7.28. The average Bonchev–Trinajstić information content (AvgIpc) is 3.25. The molecule has 0 bridgehead atoms. The molecule has 0 amide bonds. The molecule has 0 radical (unpaired) electrons. The molecule has 0 fully saturated rings. The third-order valence-corrected chi connectivity index (χ3v) is 5.92. The zero-order chi connectivity index (χ0) is 59.5. The molecule has 0 saturated heterocycles. The number of aliphatic hydroxyl groups is 5. The standard InChI is InChI=1S/2C5H10O2.4C4H8O2.5C4H10O.2C2H4O2/c2*1-2-3-4-5(6)7;2*1-3(2)4(5)6;2*1-2-3-4(5)6;5*1-2-3-4-5;2*1-2(3)4/h2*2-4H2,1H3,(H,6,7);2*3H,1-2H3,(H,5,6);2*2-3H2,1H3,(H,5,6);5*5H,2-4H2,1H3;2*1H3,(H,3,4)/p-3. The number of hydrogen-bond acceptors (Lipinski definition) is 17. The number of carbonyl (C=O) groups is 8. The SMILES string of the molecule is CC(=O)[O-].CC(=O)[OH2+].CC(C)C(=O)O.CC(C)C(=O)[O-].CCCC(=O)O.CCCC(=O)[O-].CCCCC(=O)O.CCCCC(=O)[O-].CCCCO.CCCCO.CCCCO.CCCCO.CCCCO. The summed E-state index contributed by atoms with van der Waals surface area (Å²) in [6.45, 7) is 28.1. The predicted octanol–water partition coefficient (Wildman–Crippen LogP) is 3.62. The maximum absolute atomic E-state index is 9.76. The lowest BCUT2D eigenvalue weighted by Crippen LogP contribution is -2.27. The smallest absolute Gasteiger partial charge is 0.512 e. The Labute approximate surface area is 428 Å². The molecule has 71 heavy (non-hydrogen) atoms. The number of carboxylic acid groups (broad SMARTS) is 7. The summed E-state index contributed by atoms with van der Waals surface area (Å²) in [5.41, 5.74) is 0. The molecule has 0 atom stereocenters. The minimum Gasteiger partial charge on any atom is -0.565 e. The first-order valence-electron chi connectivity index (χ1n) is 24.6. The fraction of sp³-hybridized carbons (Fsp3) is 0.840. The summed E-state index contributed by atoms with van der Waals surface area (Å²) >= 11 is 0. The molecule has 21 heteroatoms. The maximum atomic E-state index is 9.76. The average molecular weight is 1040 g/mol. The Morgan fingerprint density at radius 2 is 0.563 bits per heavy atom. The molecule has 21 nitrogen and oxygen atoms in total. The van der Waals surface area contributed by atoms with E-state index in [-0.39, 0.29) is 24.7 Å². The Kier molecular flexibility index (Phi) is 150. The Morgan fingerprint density at radius 1 is 0.380 bits per heavy atom. The highest BCUT2D eigenvalue weighted by molar-refractivity contribution is 5.69. The van der Waals surface area contributed by atoms with E-state index in [1.165, 1.54) is 6.92 Å². The normalized spacial score (nSPS) is 8.31. The van der Waals surface area contributed by atoms with Crippen LogP contribution in [-0.2, 0) is 38.4 Å². The lowest BCUT2D eigenvalue weighted by Gasteiger charge is -2.01. The Bertz CT molecular complexity index is 905. The Hall–Kier alpha value is -4.44. The van der Waals surface area contributed by atoms with Gasteiger partial charge in [-0.05, 0) is 77.0 Å². The van der Waals surface area contributed by atoms with Gasteiger partial charge in [-0.25, -0.2) is 0 Å². The number of unbranched alkanes of at least 4 members (excludes halogenated alkanes) is 7. The topological polar surface area (TPSA) is 414 Å². The molecule has 0 aliphatic rings. The van der Waals surface area contributed by atoms with Crippen LogP contribution < -0.4 is 20.4 Å². The molecule has 0 spiro atoms. The fourth-order valence-corrected chi connectivity index (χ4v) is 1.86. The predicted molar refractivity (Wildman–Crippen MR) is 271 cm³/mol. The highest BCUT2D eigenvalue weighted by atomic mass is 16.4. The van der Waals surface area contributed by atoms with Gasteiger partial charge in [0.2, 0.25) is 0 Å². The van der Waals surface area contributed by atoms with E-state index in [1.807, 2.05) is 20.8 Å². The van der Waals surface area contributed by atoms with Crippen molar-refractivity contribution in [2.45, 2.75) is 232 Å². The summed E-state index contributed by atoms with van der Waals surface area (Å²) in [6, 6.07) is 0. The van der Waals surface area contributed by atoms with Gasteiger partial charge >= 0.3 is 23.9 Å². The van der Waals surface area contributed by atoms with Crippen molar-refractivity contribution in [1.82, 2.24) is 0 Å². The highest BCUT2D eigenvalue weighted by Crippen LogP contribution is 1.92.